The fourth-order valence-corrected chi connectivity index (χ4v) is 3.72. The van der Waals surface area contributed by atoms with Gasteiger partial charge >= 0.3 is 0 Å². The number of likely N-dealkylation sites (tertiary alicyclic amines) is 1. The van der Waals surface area contributed by atoms with Crippen molar-refractivity contribution in [2.24, 2.45) is 7.05 Å². The maximum Gasteiger partial charge on any atom is 0.277 e. The van der Waals surface area contributed by atoms with Gasteiger partial charge in [0.1, 0.15) is 5.82 Å². The summed E-state index contributed by atoms with van der Waals surface area (Å²) in [5, 5.41) is 12.5. The van der Waals surface area contributed by atoms with Crippen molar-refractivity contribution >= 4 is 23.3 Å². The molecule has 0 bridgehead atoms. The van der Waals surface area contributed by atoms with E-state index in [0.717, 1.165) is 37.2 Å². The second-order valence-electron chi connectivity index (χ2n) is 7.19. The number of aromatic nitrogens is 4. The third kappa shape index (κ3) is 3.81. The lowest BCUT2D eigenvalue weighted by Crippen LogP contribution is -2.32. The Labute approximate surface area is 168 Å². The van der Waals surface area contributed by atoms with E-state index in [-0.39, 0.29) is 5.91 Å². The monoisotopic (exact) mass is 398 g/mol. The first-order chi connectivity index (χ1) is 13.5. The van der Waals surface area contributed by atoms with E-state index in [2.05, 4.69) is 27.5 Å². The Morgan fingerprint density at radius 2 is 1.86 bits per heavy atom. The van der Waals surface area contributed by atoms with Crippen molar-refractivity contribution in [2.75, 3.05) is 25.5 Å². The summed E-state index contributed by atoms with van der Waals surface area (Å²) in [4.78, 5) is 15.1. The number of nitrogens with one attached hydrogen (secondary N) is 1. The van der Waals surface area contributed by atoms with Gasteiger partial charge in [0.05, 0.1) is 17.9 Å². The Bertz CT molecular complexity index is 969. The van der Waals surface area contributed by atoms with Crippen LogP contribution in [0.4, 0.5) is 5.82 Å². The number of piperidine rings is 1. The fraction of sp³-hybridized carbons (Fsp3) is 0.350. The van der Waals surface area contributed by atoms with E-state index in [4.69, 9.17) is 11.6 Å². The van der Waals surface area contributed by atoms with E-state index in [1.165, 1.54) is 0 Å². The second-order valence-corrected chi connectivity index (χ2v) is 7.63. The SMILES string of the molecule is CN1CCC(n2nccc2NC(=O)c2cc(-c3ccc(Cl)cc3)n(C)n2)CC1. The number of amides is 1. The Hall–Kier alpha value is -2.64. The number of halogens is 1. The van der Waals surface area contributed by atoms with Crippen molar-refractivity contribution in [1.29, 1.82) is 0 Å². The third-order valence-corrected chi connectivity index (χ3v) is 5.45. The Morgan fingerprint density at radius 3 is 2.57 bits per heavy atom. The molecule has 3 heterocycles. The van der Waals surface area contributed by atoms with Crippen LogP contribution in [-0.2, 0) is 7.05 Å². The maximum absolute atomic E-state index is 12.8. The zero-order valence-corrected chi connectivity index (χ0v) is 16.7. The van der Waals surface area contributed by atoms with Crippen LogP contribution in [0.15, 0.2) is 42.6 Å². The van der Waals surface area contributed by atoms with Crippen molar-refractivity contribution in [3.05, 3.63) is 53.3 Å². The van der Waals surface area contributed by atoms with Crippen LogP contribution in [0, 0.1) is 0 Å². The molecule has 0 aliphatic carbocycles. The summed E-state index contributed by atoms with van der Waals surface area (Å²) >= 11 is 5.96. The van der Waals surface area contributed by atoms with Gasteiger partial charge in [-0.25, -0.2) is 4.68 Å². The first-order valence-electron chi connectivity index (χ1n) is 9.34. The number of carbonyl (C=O) groups excluding carboxylic acids is 1. The Kier molecular flexibility index (Phi) is 5.19. The van der Waals surface area contributed by atoms with Crippen molar-refractivity contribution in [3.8, 4) is 11.3 Å². The van der Waals surface area contributed by atoms with Crippen LogP contribution in [0.3, 0.4) is 0 Å². The second kappa shape index (κ2) is 7.77. The minimum absolute atomic E-state index is 0.245. The molecule has 7 nitrogen and oxygen atoms in total. The quantitative estimate of drug-likeness (QED) is 0.730. The zero-order chi connectivity index (χ0) is 19.7. The van der Waals surface area contributed by atoms with E-state index in [1.807, 2.05) is 42.1 Å². The maximum atomic E-state index is 12.8. The van der Waals surface area contributed by atoms with Crippen molar-refractivity contribution in [1.82, 2.24) is 24.5 Å². The minimum Gasteiger partial charge on any atom is -0.306 e. The molecule has 1 fully saturated rings. The average Bonchev–Trinajstić information content (AvgIpc) is 3.30. The molecular weight excluding hydrogens is 376 g/mol. The van der Waals surface area contributed by atoms with Gasteiger partial charge < -0.3 is 10.2 Å². The molecule has 1 aliphatic heterocycles. The van der Waals surface area contributed by atoms with Crippen LogP contribution in [0.1, 0.15) is 29.4 Å². The van der Waals surface area contributed by atoms with Gasteiger partial charge in [-0.2, -0.15) is 10.2 Å². The summed E-state index contributed by atoms with van der Waals surface area (Å²) in [5.74, 6) is 0.462. The van der Waals surface area contributed by atoms with Crippen LogP contribution in [0.25, 0.3) is 11.3 Å². The summed E-state index contributed by atoms with van der Waals surface area (Å²) in [7, 11) is 3.95. The Morgan fingerprint density at radius 1 is 1.14 bits per heavy atom. The first kappa shape index (κ1) is 18.7. The lowest BCUT2D eigenvalue weighted by molar-refractivity contribution is 0.102. The minimum atomic E-state index is -0.245. The molecule has 1 N–H and O–H groups in total. The van der Waals surface area contributed by atoms with Crippen LogP contribution in [0.2, 0.25) is 5.02 Å². The number of rotatable bonds is 4. The molecule has 0 unspecified atom stereocenters. The van der Waals surface area contributed by atoms with Crippen molar-refractivity contribution in [3.63, 3.8) is 0 Å². The van der Waals surface area contributed by atoms with Gasteiger partial charge in [-0.05, 0) is 56.7 Å². The average molecular weight is 399 g/mol. The van der Waals surface area contributed by atoms with Gasteiger partial charge in [-0.15, -0.1) is 0 Å². The highest BCUT2D eigenvalue weighted by Crippen LogP contribution is 2.26. The number of hydrogen-bond donors (Lipinski definition) is 1. The lowest BCUT2D eigenvalue weighted by atomic mass is 10.1. The summed E-state index contributed by atoms with van der Waals surface area (Å²) in [5.41, 5.74) is 2.17. The third-order valence-electron chi connectivity index (χ3n) is 5.20. The Balaban J connectivity index is 1.52. The predicted octanol–water partition coefficient (Wildman–Crippen LogP) is 3.46. The largest absolute Gasteiger partial charge is 0.306 e. The normalized spacial score (nSPS) is 15.7. The summed E-state index contributed by atoms with van der Waals surface area (Å²) in [6.07, 6.45) is 3.77. The van der Waals surface area contributed by atoms with Gasteiger partial charge in [0.25, 0.3) is 5.91 Å². The molecule has 1 amide bonds. The molecular formula is C20H23ClN6O. The summed E-state index contributed by atoms with van der Waals surface area (Å²) in [6.45, 7) is 2.06. The molecule has 28 heavy (non-hydrogen) atoms. The smallest absolute Gasteiger partial charge is 0.277 e. The molecule has 0 radical (unpaired) electrons. The van der Waals surface area contributed by atoms with Crippen molar-refractivity contribution < 1.29 is 4.79 Å². The number of carbonyl (C=O) groups is 1. The summed E-state index contributed by atoms with van der Waals surface area (Å²) in [6, 6.07) is 11.4. The van der Waals surface area contributed by atoms with Crippen LogP contribution in [0.5, 0.6) is 0 Å². The van der Waals surface area contributed by atoms with Gasteiger partial charge in [0.15, 0.2) is 5.69 Å². The number of nitrogens with zero attached hydrogens (tertiary/aromatic N) is 5. The first-order valence-corrected chi connectivity index (χ1v) is 9.72. The number of anilines is 1. The molecule has 1 aliphatic rings. The highest BCUT2D eigenvalue weighted by Gasteiger charge is 2.22. The predicted molar refractivity (Wildman–Crippen MR) is 110 cm³/mol. The van der Waals surface area contributed by atoms with E-state index >= 15 is 0 Å². The van der Waals surface area contributed by atoms with Gasteiger partial charge in [0, 0.05) is 18.1 Å². The zero-order valence-electron chi connectivity index (χ0n) is 16.0. The molecule has 1 saturated heterocycles. The highest BCUT2D eigenvalue weighted by atomic mass is 35.5. The van der Waals surface area contributed by atoms with Gasteiger partial charge in [-0.1, -0.05) is 23.7 Å². The van der Waals surface area contributed by atoms with Gasteiger partial charge in [0.2, 0.25) is 0 Å². The van der Waals surface area contributed by atoms with Crippen LogP contribution < -0.4 is 5.32 Å². The molecule has 0 spiro atoms. The molecule has 4 rings (SSSR count). The van der Waals surface area contributed by atoms with E-state index in [0.29, 0.717) is 22.6 Å². The number of aryl methyl sites for hydroxylation is 1. The standard InChI is InChI=1S/C20H23ClN6O/c1-25-11-8-16(9-12-25)27-19(7-10-22-27)23-20(28)17-13-18(26(2)24-17)14-3-5-15(21)6-4-14/h3-7,10,13,16H,8-9,11-12H2,1-2H3,(H,23,28). The van der Waals surface area contributed by atoms with Gasteiger partial charge in [-0.3, -0.25) is 9.48 Å². The van der Waals surface area contributed by atoms with Crippen LogP contribution in [-0.4, -0.2) is 50.5 Å². The molecule has 0 atom stereocenters. The molecule has 146 valence electrons. The molecule has 8 heteroatoms. The number of hydrogen-bond acceptors (Lipinski definition) is 4. The van der Waals surface area contributed by atoms with Crippen molar-refractivity contribution in [2.45, 2.75) is 18.9 Å². The molecule has 0 saturated carbocycles. The van der Waals surface area contributed by atoms with E-state index in [1.54, 1.807) is 16.9 Å². The van der Waals surface area contributed by atoms with Crippen LogP contribution >= 0.6 is 11.6 Å². The molecule has 2 aromatic heterocycles. The van der Waals surface area contributed by atoms with E-state index in [9.17, 15) is 4.79 Å². The lowest BCUT2D eigenvalue weighted by Gasteiger charge is -2.29. The highest BCUT2D eigenvalue weighted by molar-refractivity contribution is 6.30. The molecule has 1 aromatic carbocycles. The molecule has 3 aromatic rings. The topological polar surface area (TPSA) is 68.0 Å². The van der Waals surface area contributed by atoms with E-state index < -0.39 is 0 Å². The fourth-order valence-electron chi connectivity index (χ4n) is 3.59. The summed E-state index contributed by atoms with van der Waals surface area (Å²) < 4.78 is 3.63. The number of benzene rings is 1.